The molecule has 5 rings (SSSR count). The summed E-state index contributed by atoms with van der Waals surface area (Å²) < 4.78 is 44.2. The molecule has 1 saturated heterocycles. The van der Waals surface area contributed by atoms with Gasteiger partial charge in [-0.2, -0.15) is 0 Å². The number of aliphatic hydroxyl groups is 1. The topological polar surface area (TPSA) is 59.9 Å². The minimum Gasteiger partial charge on any atom is -0.393 e. The summed E-state index contributed by atoms with van der Waals surface area (Å²) in [7, 11) is 1.65. The fraction of sp³-hybridized carbons (Fsp3) is 0.375. The minimum atomic E-state index is -1.30. The molecule has 2 amide bonds. The molecule has 2 unspecified atom stereocenters. The smallest absolute Gasteiger partial charge is 0.321 e. The highest BCUT2D eigenvalue weighted by Crippen LogP contribution is 2.41. The maximum Gasteiger partial charge on any atom is 0.321 e. The van der Waals surface area contributed by atoms with Gasteiger partial charge in [-0.15, -0.1) is 0 Å². The Morgan fingerprint density at radius 1 is 1.15 bits per heavy atom. The van der Waals surface area contributed by atoms with Crippen molar-refractivity contribution in [3.63, 3.8) is 0 Å². The van der Waals surface area contributed by atoms with Crippen molar-refractivity contribution in [2.24, 2.45) is 0 Å². The lowest BCUT2D eigenvalue weighted by Crippen LogP contribution is -2.54. The molecule has 3 atom stereocenters. The molecule has 1 aromatic heterocycles. The lowest BCUT2D eigenvalue weighted by atomic mass is 9.89. The van der Waals surface area contributed by atoms with E-state index in [0.29, 0.717) is 30.6 Å². The molecule has 1 fully saturated rings. The summed E-state index contributed by atoms with van der Waals surface area (Å²) in [6.45, 7) is 2.87. The Hall–Kier alpha value is -3.69. The molecule has 0 radical (unpaired) electrons. The number of urea groups is 1. The van der Waals surface area contributed by atoms with E-state index in [9.17, 15) is 18.7 Å². The highest BCUT2D eigenvalue weighted by molar-refractivity contribution is 5.83. The van der Waals surface area contributed by atoms with Gasteiger partial charge in [0.2, 0.25) is 0 Å². The average Bonchev–Trinajstić information content (AvgIpc) is 3.27. The molecule has 9 heteroatoms. The van der Waals surface area contributed by atoms with Crippen LogP contribution in [0.25, 0.3) is 5.57 Å². The van der Waals surface area contributed by atoms with Crippen LogP contribution in [0.4, 0.5) is 18.0 Å². The number of hydrogen-bond acceptors (Lipinski definition) is 4. The molecule has 0 bridgehead atoms. The summed E-state index contributed by atoms with van der Waals surface area (Å²) >= 11 is 0. The first-order valence-electron chi connectivity index (χ1n) is 13.9. The summed E-state index contributed by atoms with van der Waals surface area (Å²) in [5.74, 6) is -1.22. The second-order valence-corrected chi connectivity index (χ2v) is 11.0. The largest absolute Gasteiger partial charge is 0.393 e. The van der Waals surface area contributed by atoms with Crippen molar-refractivity contribution in [2.75, 3.05) is 33.3 Å². The van der Waals surface area contributed by atoms with E-state index in [2.05, 4.69) is 9.88 Å². The number of alkyl halides is 1. The predicted octanol–water partition coefficient (Wildman–Crippen LogP) is 5.31. The number of pyridine rings is 1. The van der Waals surface area contributed by atoms with Gasteiger partial charge in [-0.1, -0.05) is 30.3 Å². The Bertz CT molecular complexity index is 1420. The lowest BCUT2D eigenvalue weighted by molar-refractivity contribution is 0.0758. The monoisotopic (exact) mass is 564 g/mol. The maximum atomic E-state index is 15.2. The van der Waals surface area contributed by atoms with Gasteiger partial charge in [0.15, 0.2) is 0 Å². The van der Waals surface area contributed by atoms with Crippen molar-refractivity contribution in [1.82, 2.24) is 19.7 Å². The van der Waals surface area contributed by atoms with Crippen LogP contribution >= 0.6 is 0 Å². The molecule has 0 aliphatic carbocycles. The number of likely N-dealkylation sites (tertiary alicyclic amines) is 1. The van der Waals surface area contributed by atoms with Crippen LogP contribution in [0.1, 0.15) is 35.2 Å². The third-order valence-electron chi connectivity index (χ3n) is 8.22. The number of hydrogen-bond donors (Lipinski definition) is 1. The van der Waals surface area contributed by atoms with Crippen LogP contribution in [0.3, 0.4) is 0 Å². The van der Waals surface area contributed by atoms with Crippen molar-refractivity contribution >= 4 is 11.6 Å². The number of nitrogens with zero attached hydrogens (tertiary/aromatic N) is 4. The normalized spacial score (nSPS) is 23.3. The van der Waals surface area contributed by atoms with Gasteiger partial charge in [0.25, 0.3) is 0 Å². The number of benzene rings is 2. The highest BCUT2D eigenvalue weighted by atomic mass is 19.1. The third-order valence-corrected chi connectivity index (χ3v) is 8.22. The molecule has 6 nitrogen and oxygen atoms in total. The second-order valence-electron chi connectivity index (χ2n) is 11.0. The minimum absolute atomic E-state index is 0.0389. The van der Waals surface area contributed by atoms with Crippen LogP contribution in [-0.4, -0.2) is 76.3 Å². The molecular formula is C32H35F3N4O2. The molecule has 0 spiro atoms. The molecule has 2 aliphatic heterocycles. The lowest BCUT2D eigenvalue weighted by Gasteiger charge is -2.41. The first kappa shape index (κ1) is 28.8. The van der Waals surface area contributed by atoms with Crippen molar-refractivity contribution in [1.29, 1.82) is 0 Å². The molecule has 216 valence electrons. The molecule has 2 aliphatic rings. The standard InChI is InChI=1S/C32H35F3N4O2/c1-22-14-23(10-12-36-22)18-38-13-11-28(15-27(34)20-38)37(2)31(41)39-19-24(29-16-26(33)8-9-30(29)35)17-32(39,21-40)25-6-4-3-5-7-25/h3-10,12,14,16-17,27-28,40H,11,13,15,18-21H2,1-2H3/t27?,28?,32-/m1/s1. The Morgan fingerprint density at radius 3 is 2.66 bits per heavy atom. The van der Waals surface area contributed by atoms with Gasteiger partial charge < -0.3 is 14.9 Å². The Kier molecular flexibility index (Phi) is 8.47. The van der Waals surface area contributed by atoms with Gasteiger partial charge in [-0.05, 0) is 66.5 Å². The number of halogens is 3. The van der Waals surface area contributed by atoms with Crippen LogP contribution in [0.2, 0.25) is 0 Å². The number of carbonyl (C=O) groups is 1. The Morgan fingerprint density at radius 2 is 1.93 bits per heavy atom. The van der Waals surface area contributed by atoms with E-state index in [1.807, 2.05) is 25.1 Å². The second kappa shape index (κ2) is 12.0. The van der Waals surface area contributed by atoms with E-state index in [4.69, 9.17) is 0 Å². The van der Waals surface area contributed by atoms with E-state index < -0.39 is 36.0 Å². The van der Waals surface area contributed by atoms with Crippen LogP contribution < -0.4 is 0 Å². The number of carbonyl (C=O) groups excluding carboxylic acids is 1. The summed E-state index contributed by atoms with van der Waals surface area (Å²) in [5, 5.41) is 10.8. The zero-order valence-electron chi connectivity index (χ0n) is 23.3. The van der Waals surface area contributed by atoms with Gasteiger partial charge in [-0.25, -0.2) is 18.0 Å². The predicted molar refractivity (Wildman–Crippen MR) is 152 cm³/mol. The highest BCUT2D eigenvalue weighted by Gasteiger charge is 2.46. The number of aryl methyl sites for hydroxylation is 1. The fourth-order valence-electron chi connectivity index (χ4n) is 6.05. The third kappa shape index (κ3) is 6.01. The first-order valence-corrected chi connectivity index (χ1v) is 13.9. The van der Waals surface area contributed by atoms with Gasteiger partial charge in [0, 0.05) is 63.1 Å². The Labute approximate surface area is 238 Å². The van der Waals surface area contributed by atoms with Crippen molar-refractivity contribution < 1.29 is 23.1 Å². The van der Waals surface area contributed by atoms with Gasteiger partial charge in [0.05, 0.1) is 6.61 Å². The number of aliphatic hydroxyl groups excluding tert-OH is 1. The van der Waals surface area contributed by atoms with Crippen molar-refractivity contribution in [3.05, 3.63) is 107 Å². The van der Waals surface area contributed by atoms with E-state index in [-0.39, 0.29) is 31.1 Å². The van der Waals surface area contributed by atoms with E-state index in [1.165, 1.54) is 4.90 Å². The van der Waals surface area contributed by atoms with Crippen LogP contribution in [0, 0.1) is 18.6 Å². The van der Waals surface area contributed by atoms with E-state index in [1.54, 1.807) is 48.5 Å². The molecule has 41 heavy (non-hydrogen) atoms. The molecule has 0 saturated carbocycles. The summed E-state index contributed by atoms with van der Waals surface area (Å²) in [4.78, 5) is 23.5. The quantitative estimate of drug-likeness (QED) is 0.441. The van der Waals surface area contributed by atoms with Gasteiger partial charge in [0.1, 0.15) is 23.3 Å². The number of amides is 2. The molecule has 3 aromatic rings. The first-order chi connectivity index (χ1) is 19.7. The Balaban J connectivity index is 1.40. The molecule has 3 heterocycles. The average molecular weight is 565 g/mol. The fourth-order valence-corrected chi connectivity index (χ4v) is 6.05. The van der Waals surface area contributed by atoms with Crippen LogP contribution in [-0.2, 0) is 12.1 Å². The van der Waals surface area contributed by atoms with E-state index >= 15 is 4.39 Å². The van der Waals surface area contributed by atoms with Gasteiger partial charge in [-0.3, -0.25) is 9.88 Å². The summed E-state index contributed by atoms with van der Waals surface area (Å²) in [6, 6.07) is 15.3. The number of aromatic nitrogens is 1. The van der Waals surface area contributed by atoms with Crippen LogP contribution in [0.5, 0.6) is 0 Å². The number of rotatable bonds is 6. The zero-order chi connectivity index (χ0) is 29.1. The summed E-state index contributed by atoms with van der Waals surface area (Å²) in [5.41, 5.74) is 1.73. The SMILES string of the molecule is Cc1cc(CN2CCC(N(C)C(=O)N3CC(c4cc(F)ccc4F)=C[C@@]3(CO)c3ccccc3)CC(F)C2)ccn1. The van der Waals surface area contributed by atoms with E-state index in [0.717, 1.165) is 29.5 Å². The van der Waals surface area contributed by atoms with Crippen molar-refractivity contribution in [2.45, 2.75) is 44.1 Å². The molecule has 1 N–H and O–H groups in total. The van der Waals surface area contributed by atoms with Crippen LogP contribution in [0.15, 0.2) is 72.9 Å². The molecular weight excluding hydrogens is 529 g/mol. The molecule has 2 aromatic carbocycles. The summed E-state index contributed by atoms with van der Waals surface area (Å²) in [6.07, 6.45) is 3.01. The zero-order valence-corrected chi connectivity index (χ0v) is 23.3. The maximum absolute atomic E-state index is 15.2. The van der Waals surface area contributed by atoms with Gasteiger partial charge >= 0.3 is 6.03 Å². The van der Waals surface area contributed by atoms with Crippen molar-refractivity contribution in [3.8, 4) is 0 Å².